The van der Waals surface area contributed by atoms with Crippen LogP contribution in [-0.4, -0.2) is 17.4 Å². The van der Waals surface area contributed by atoms with Crippen LogP contribution >= 0.6 is 0 Å². The number of rotatable bonds is 2. The minimum atomic E-state index is -0.711. The second kappa shape index (κ2) is 5.76. The number of carbonyl (C=O) groups is 1. The minimum absolute atomic E-state index is 0.203. The minimum Gasteiger partial charge on any atom is -0.507 e. The van der Waals surface area contributed by atoms with Crippen LogP contribution in [0.1, 0.15) is 58.2 Å². The molecule has 0 aliphatic rings. The van der Waals surface area contributed by atoms with Gasteiger partial charge in [-0.05, 0) is 28.5 Å². The van der Waals surface area contributed by atoms with E-state index in [1.54, 1.807) is 0 Å². The molecule has 0 radical (unpaired) electrons. The van der Waals surface area contributed by atoms with Crippen LogP contribution in [0.3, 0.4) is 0 Å². The number of hydrogen-bond donors (Lipinski definition) is 3. The van der Waals surface area contributed by atoms with Crippen molar-refractivity contribution in [1.29, 1.82) is 0 Å². The molecule has 5 heteroatoms. The molecule has 21 heavy (non-hydrogen) atoms. The number of nitrogens with two attached hydrogens (primary N) is 1. The molecule has 0 unspecified atom stereocenters. The monoisotopic (exact) mass is 291 g/mol. The maximum absolute atomic E-state index is 10.7. The van der Waals surface area contributed by atoms with Gasteiger partial charge in [0.05, 0.1) is 6.21 Å². The van der Waals surface area contributed by atoms with Crippen molar-refractivity contribution in [3.8, 4) is 5.75 Å². The highest BCUT2D eigenvalue weighted by molar-refractivity contribution is 5.83. The van der Waals surface area contributed by atoms with Crippen molar-refractivity contribution in [2.24, 2.45) is 10.8 Å². The number of primary amides is 1. The fourth-order valence-corrected chi connectivity index (χ4v) is 2.05. The summed E-state index contributed by atoms with van der Waals surface area (Å²) in [5, 5.41) is 14.3. The average molecular weight is 291 g/mol. The predicted molar refractivity (Wildman–Crippen MR) is 85.8 cm³/mol. The standard InChI is InChI=1S/C16H25N3O2/c1-15(2,3)11-7-10(9-18-19-14(17)21)8-12(13(11)20)16(4,5)6/h7-9,20H,1-6H3,(H3,17,19,21). The van der Waals surface area contributed by atoms with Crippen LogP contribution in [-0.2, 0) is 10.8 Å². The Morgan fingerprint density at radius 3 is 1.90 bits per heavy atom. The number of benzene rings is 1. The number of hydrazone groups is 1. The number of nitrogens with one attached hydrogen (secondary N) is 1. The Morgan fingerprint density at radius 1 is 1.14 bits per heavy atom. The third-order valence-electron chi connectivity index (χ3n) is 3.14. The molecule has 5 nitrogen and oxygen atoms in total. The number of aromatic hydroxyl groups is 1. The van der Waals surface area contributed by atoms with Gasteiger partial charge in [0.25, 0.3) is 0 Å². The summed E-state index contributed by atoms with van der Waals surface area (Å²) in [6.07, 6.45) is 1.52. The summed E-state index contributed by atoms with van der Waals surface area (Å²) in [5.74, 6) is 0.315. The van der Waals surface area contributed by atoms with E-state index in [0.717, 1.165) is 16.7 Å². The van der Waals surface area contributed by atoms with Crippen molar-refractivity contribution in [3.63, 3.8) is 0 Å². The maximum Gasteiger partial charge on any atom is 0.332 e. The lowest BCUT2D eigenvalue weighted by molar-refractivity contribution is 0.249. The summed E-state index contributed by atoms with van der Waals surface area (Å²) in [7, 11) is 0. The summed E-state index contributed by atoms with van der Waals surface area (Å²) in [4.78, 5) is 10.7. The summed E-state index contributed by atoms with van der Waals surface area (Å²) >= 11 is 0. The number of nitrogens with zero attached hydrogens (tertiary/aromatic N) is 1. The van der Waals surface area contributed by atoms with Crippen LogP contribution in [0.25, 0.3) is 0 Å². The Kier molecular flexibility index (Phi) is 4.66. The molecule has 0 saturated carbocycles. The fraction of sp³-hybridized carbons (Fsp3) is 0.500. The molecular formula is C16H25N3O2. The lowest BCUT2D eigenvalue weighted by Gasteiger charge is -2.27. The van der Waals surface area contributed by atoms with Gasteiger partial charge in [-0.3, -0.25) is 0 Å². The molecular weight excluding hydrogens is 266 g/mol. The highest BCUT2D eigenvalue weighted by atomic mass is 16.3. The molecule has 1 rings (SSSR count). The number of phenolic OH excluding ortho intramolecular Hbond substituents is 1. The lowest BCUT2D eigenvalue weighted by atomic mass is 9.78. The van der Waals surface area contributed by atoms with Crippen molar-refractivity contribution in [1.82, 2.24) is 5.43 Å². The molecule has 116 valence electrons. The zero-order chi connectivity index (χ0) is 16.4. The van der Waals surface area contributed by atoms with Crippen molar-refractivity contribution >= 4 is 12.2 Å². The quantitative estimate of drug-likeness (QED) is 0.577. The second-order valence-corrected chi connectivity index (χ2v) is 7.20. The summed E-state index contributed by atoms with van der Waals surface area (Å²) in [6.45, 7) is 12.2. The number of carbonyl (C=O) groups excluding carboxylic acids is 1. The molecule has 0 saturated heterocycles. The summed E-state index contributed by atoms with van der Waals surface area (Å²) in [6, 6.07) is 3.03. The molecule has 0 atom stereocenters. The summed E-state index contributed by atoms with van der Waals surface area (Å²) in [5.41, 5.74) is 9.23. The van der Waals surface area contributed by atoms with E-state index in [1.807, 2.05) is 53.7 Å². The van der Waals surface area contributed by atoms with Gasteiger partial charge in [-0.15, -0.1) is 0 Å². The average Bonchev–Trinajstić information content (AvgIpc) is 2.27. The van der Waals surface area contributed by atoms with Crippen LogP contribution in [0.15, 0.2) is 17.2 Å². The lowest BCUT2D eigenvalue weighted by Crippen LogP contribution is -2.24. The zero-order valence-electron chi connectivity index (χ0n) is 13.6. The molecule has 0 bridgehead atoms. The Balaban J connectivity index is 3.41. The van der Waals surface area contributed by atoms with Gasteiger partial charge < -0.3 is 10.8 Å². The molecule has 1 aromatic carbocycles. The molecule has 0 aliphatic carbocycles. The van der Waals surface area contributed by atoms with Crippen molar-refractivity contribution in [3.05, 3.63) is 28.8 Å². The Labute approximate surface area is 126 Å². The van der Waals surface area contributed by atoms with Crippen molar-refractivity contribution in [2.45, 2.75) is 52.4 Å². The fourth-order valence-electron chi connectivity index (χ4n) is 2.05. The number of phenols is 1. The highest BCUT2D eigenvalue weighted by Gasteiger charge is 2.26. The van der Waals surface area contributed by atoms with E-state index in [2.05, 4.69) is 10.5 Å². The van der Waals surface area contributed by atoms with Crippen molar-refractivity contribution < 1.29 is 9.90 Å². The Hall–Kier alpha value is -2.04. The van der Waals surface area contributed by atoms with E-state index in [9.17, 15) is 9.90 Å². The number of amides is 2. The third kappa shape index (κ3) is 4.48. The molecule has 2 amide bonds. The molecule has 0 heterocycles. The van der Waals surface area contributed by atoms with E-state index in [0.29, 0.717) is 5.75 Å². The number of hydrogen-bond acceptors (Lipinski definition) is 3. The van der Waals surface area contributed by atoms with Gasteiger partial charge in [-0.25, -0.2) is 10.2 Å². The van der Waals surface area contributed by atoms with Gasteiger partial charge in [0.1, 0.15) is 5.75 Å². The van der Waals surface area contributed by atoms with Gasteiger partial charge in [0, 0.05) is 11.1 Å². The first-order valence-electron chi connectivity index (χ1n) is 6.89. The largest absolute Gasteiger partial charge is 0.507 e. The first kappa shape index (κ1) is 17.0. The predicted octanol–water partition coefficient (Wildman–Crippen LogP) is 2.99. The Bertz CT molecular complexity index is 529. The second-order valence-electron chi connectivity index (χ2n) is 7.20. The third-order valence-corrected chi connectivity index (χ3v) is 3.14. The van der Waals surface area contributed by atoms with E-state index >= 15 is 0 Å². The maximum atomic E-state index is 10.7. The van der Waals surface area contributed by atoms with E-state index in [4.69, 9.17) is 5.73 Å². The first-order chi connectivity index (χ1) is 9.43. The van der Waals surface area contributed by atoms with Gasteiger partial charge >= 0.3 is 6.03 Å². The van der Waals surface area contributed by atoms with Crippen LogP contribution < -0.4 is 11.2 Å². The van der Waals surface area contributed by atoms with Crippen LogP contribution in [0.4, 0.5) is 4.79 Å². The smallest absolute Gasteiger partial charge is 0.332 e. The van der Waals surface area contributed by atoms with Crippen LogP contribution in [0.2, 0.25) is 0 Å². The molecule has 4 N–H and O–H groups in total. The highest BCUT2D eigenvalue weighted by Crippen LogP contribution is 2.39. The van der Waals surface area contributed by atoms with Gasteiger partial charge in [-0.2, -0.15) is 5.10 Å². The molecule has 1 aromatic rings. The molecule has 0 aromatic heterocycles. The molecule has 0 fully saturated rings. The summed E-state index contributed by atoms with van der Waals surface area (Å²) < 4.78 is 0. The van der Waals surface area contributed by atoms with Crippen LogP contribution in [0, 0.1) is 0 Å². The van der Waals surface area contributed by atoms with Gasteiger partial charge in [0.2, 0.25) is 0 Å². The van der Waals surface area contributed by atoms with E-state index in [1.165, 1.54) is 6.21 Å². The van der Waals surface area contributed by atoms with Crippen LogP contribution in [0.5, 0.6) is 5.75 Å². The molecule has 0 spiro atoms. The first-order valence-corrected chi connectivity index (χ1v) is 6.89. The van der Waals surface area contributed by atoms with Gasteiger partial charge in [0.15, 0.2) is 0 Å². The molecule has 0 aliphatic heterocycles. The number of urea groups is 1. The van der Waals surface area contributed by atoms with E-state index in [-0.39, 0.29) is 10.8 Å². The van der Waals surface area contributed by atoms with Crippen molar-refractivity contribution in [2.75, 3.05) is 0 Å². The normalized spacial score (nSPS) is 12.7. The topological polar surface area (TPSA) is 87.7 Å². The Morgan fingerprint density at radius 2 is 1.57 bits per heavy atom. The van der Waals surface area contributed by atoms with Gasteiger partial charge in [-0.1, -0.05) is 41.5 Å². The SMILES string of the molecule is CC(C)(C)c1cc(C=NNC(N)=O)cc(C(C)(C)C)c1O. The zero-order valence-corrected chi connectivity index (χ0v) is 13.6. The van der Waals surface area contributed by atoms with E-state index < -0.39 is 6.03 Å².